The van der Waals surface area contributed by atoms with Gasteiger partial charge in [-0.2, -0.15) is 0 Å². The molecule has 0 unspecified atom stereocenters. The molecule has 1 atom stereocenters. The molecule has 186 valence electrons. The summed E-state index contributed by atoms with van der Waals surface area (Å²) >= 11 is 0. The van der Waals surface area contributed by atoms with E-state index in [4.69, 9.17) is 0 Å². The Bertz CT molecular complexity index is 1240. The quantitative estimate of drug-likeness (QED) is 0.596. The van der Waals surface area contributed by atoms with Gasteiger partial charge in [-0.05, 0) is 24.8 Å². The molecule has 9 heteroatoms. The van der Waals surface area contributed by atoms with Crippen molar-refractivity contribution in [2.75, 3.05) is 31.2 Å². The summed E-state index contributed by atoms with van der Waals surface area (Å²) in [6.07, 6.45) is 3.30. The number of piperidine rings is 1. The summed E-state index contributed by atoms with van der Waals surface area (Å²) in [7, 11) is 0. The summed E-state index contributed by atoms with van der Waals surface area (Å²) in [6, 6.07) is 18.9. The number of imidazole rings is 1. The maximum absolute atomic E-state index is 14.0. The highest BCUT2D eigenvalue weighted by atomic mass is 16.4. The molecule has 0 bridgehead atoms. The van der Waals surface area contributed by atoms with Crippen LogP contribution >= 0.6 is 0 Å². The summed E-state index contributed by atoms with van der Waals surface area (Å²) in [6.45, 7) is 1.29. The first-order valence-corrected chi connectivity index (χ1v) is 12.3. The van der Waals surface area contributed by atoms with Gasteiger partial charge in [0.25, 0.3) is 5.91 Å². The van der Waals surface area contributed by atoms with E-state index >= 15 is 0 Å². The average Bonchev–Trinajstić information content (AvgIpc) is 3.34. The number of carboxylic acid groups (broad SMARTS) is 1. The van der Waals surface area contributed by atoms with Crippen molar-refractivity contribution >= 4 is 17.9 Å². The number of hydrogen-bond acceptors (Lipinski definition) is 4. The van der Waals surface area contributed by atoms with Crippen LogP contribution in [0.1, 0.15) is 35.3 Å². The average molecular weight is 488 g/mol. The molecular formula is C27H29N5O4. The van der Waals surface area contributed by atoms with Crippen molar-refractivity contribution < 1.29 is 19.5 Å². The normalized spacial score (nSPS) is 18.4. The van der Waals surface area contributed by atoms with Crippen molar-refractivity contribution in [3.05, 3.63) is 78.2 Å². The van der Waals surface area contributed by atoms with Gasteiger partial charge in [-0.15, -0.1) is 0 Å². The fourth-order valence-electron chi connectivity index (χ4n) is 5.06. The number of hydrogen-bond donors (Lipinski definition) is 1. The Labute approximate surface area is 209 Å². The van der Waals surface area contributed by atoms with Gasteiger partial charge in [-0.25, -0.2) is 19.5 Å². The Hall–Kier alpha value is -4.14. The lowest BCUT2D eigenvalue weighted by atomic mass is 10.0. The third kappa shape index (κ3) is 4.68. The van der Waals surface area contributed by atoms with E-state index < -0.39 is 6.09 Å². The number of rotatable bonds is 5. The van der Waals surface area contributed by atoms with E-state index in [0.29, 0.717) is 25.1 Å². The van der Waals surface area contributed by atoms with Crippen molar-refractivity contribution in [2.24, 2.45) is 0 Å². The predicted molar refractivity (Wildman–Crippen MR) is 134 cm³/mol. The van der Waals surface area contributed by atoms with Crippen molar-refractivity contribution in [3.8, 4) is 11.3 Å². The molecule has 5 rings (SSSR count). The molecule has 0 spiro atoms. The van der Waals surface area contributed by atoms with Crippen LogP contribution < -0.4 is 5.01 Å². The summed E-state index contributed by atoms with van der Waals surface area (Å²) in [5.74, 6) is -0.255. The van der Waals surface area contributed by atoms with Crippen molar-refractivity contribution in [1.82, 2.24) is 19.5 Å². The highest BCUT2D eigenvalue weighted by molar-refractivity contribution is 5.99. The molecule has 3 heterocycles. The molecule has 2 aliphatic rings. The number of carbonyl (C=O) groups excluding carboxylic acids is 2. The minimum absolute atomic E-state index is 0.00635. The zero-order valence-corrected chi connectivity index (χ0v) is 20.0. The number of benzene rings is 2. The summed E-state index contributed by atoms with van der Waals surface area (Å²) in [5.41, 5.74) is 2.66. The first kappa shape index (κ1) is 23.6. The van der Waals surface area contributed by atoms with E-state index in [0.717, 1.165) is 24.0 Å². The Morgan fingerprint density at radius 2 is 1.67 bits per heavy atom. The van der Waals surface area contributed by atoms with Crippen LogP contribution in [0.25, 0.3) is 11.3 Å². The molecule has 1 N–H and O–H groups in total. The van der Waals surface area contributed by atoms with Crippen LogP contribution in [-0.4, -0.2) is 74.7 Å². The fraction of sp³-hybridized carbons (Fsp3) is 0.333. The molecule has 0 aliphatic carbocycles. The number of nitrogens with zero attached hydrogens (tertiary/aromatic N) is 5. The molecule has 1 aromatic heterocycles. The van der Waals surface area contributed by atoms with Crippen molar-refractivity contribution in [1.29, 1.82) is 0 Å². The molecule has 3 aromatic rings. The van der Waals surface area contributed by atoms with Gasteiger partial charge < -0.3 is 14.9 Å². The first-order chi connectivity index (χ1) is 17.5. The number of aromatic nitrogens is 2. The Kier molecular flexibility index (Phi) is 6.71. The Balaban J connectivity index is 1.52. The maximum atomic E-state index is 14.0. The minimum atomic E-state index is -0.988. The SMILES string of the molecule is O=C(O)N1CCN(C(=O)c2ncn(N3CCCCC3=O)c2-c2ccccc2)[C@H](Cc2ccccc2)C1. The lowest BCUT2D eigenvalue weighted by Gasteiger charge is -2.40. The molecule has 9 nitrogen and oxygen atoms in total. The van der Waals surface area contributed by atoms with E-state index in [1.807, 2.05) is 60.7 Å². The Morgan fingerprint density at radius 3 is 2.36 bits per heavy atom. The molecule has 0 radical (unpaired) electrons. The van der Waals surface area contributed by atoms with Crippen LogP contribution in [0.3, 0.4) is 0 Å². The van der Waals surface area contributed by atoms with E-state index in [2.05, 4.69) is 4.98 Å². The van der Waals surface area contributed by atoms with Gasteiger partial charge in [-0.3, -0.25) is 9.59 Å². The molecule has 36 heavy (non-hydrogen) atoms. The van der Waals surface area contributed by atoms with Gasteiger partial charge in [0.1, 0.15) is 12.0 Å². The largest absolute Gasteiger partial charge is 0.465 e. The summed E-state index contributed by atoms with van der Waals surface area (Å²) in [5, 5.41) is 11.3. The molecule has 2 fully saturated rings. The molecular weight excluding hydrogens is 458 g/mol. The highest BCUT2D eigenvalue weighted by Crippen LogP contribution is 2.28. The maximum Gasteiger partial charge on any atom is 0.407 e. The highest BCUT2D eigenvalue weighted by Gasteiger charge is 2.36. The summed E-state index contributed by atoms with van der Waals surface area (Å²) < 4.78 is 1.71. The lowest BCUT2D eigenvalue weighted by Crippen LogP contribution is -2.57. The Morgan fingerprint density at radius 1 is 0.944 bits per heavy atom. The topological polar surface area (TPSA) is 99.0 Å². The van der Waals surface area contributed by atoms with Crippen molar-refractivity contribution in [3.63, 3.8) is 0 Å². The van der Waals surface area contributed by atoms with Gasteiger partial charge in [0.15, 0.2) is 5.69 Å². The third-order valence-corrected chi connectivity index (χ3v) is 6.89. The van der Waals surface area contributed by atoms with Crippen LogP contribution in [0.2, 0.25) is 0 Å². The molecule has 3 amide bonds. The third-order valence-electron chi connectivity index (χ3n) is 6.89. The van der Waals surface area contributed by atoms with Gasteiger partial charge in [-0.1, -0.05) is 60.7 Å². The zero-order chi connectivity index (χ0) is 25.1. The molecule has 0 saturated carbocycles. The van der Waals surface area contributed by atoms with Crippen LogP contribution in [0, 0.1) is 0 Å². The van der Waals surface area contributed by atoms with Crippen LogP contribution in [0.4, 0.5) is 4.79 Å². The van der Waals surface area contributed by atoms with E-state index in [9.17, 15) is 19.5 Å². The smallest absolute Gasteiger partial charge is 0.407 e. The van der Waals surface area contributed by atoms with Gasteiger partial charge in [0.2, 0.25) is 5.91 Å². The second-order valence-corrected chi connectivity index (χ2v) is 9.20. The van der Waals surface area contributed by atoms with Gasteiger partial charge >= 0.3 is 6.09 Å². The molecule has 2 aliphatic heterocycles. The lowest BCUT2D eigenvalue weighted by molar-refractivity contribution is -0.121. The first-order valence-electron chi connectivity index (χ1n) is 12.3. The number of piperazine rings is 1. The van der Waals surface area contributed by atoms with Gasteiger partial charge in [0, 0.05) is 38.2 Å². The standard InChI is InChI=1S/C27H29N5O4/c33-23-13-7-8-14-31(23)32-19-28-24(25(32)21-11-5-2-6-12-21)26(34)30-16-15-29(27(35)36)18-22(30)17-20-9-3-1-4-10-20/h1-6,9-12,19,22H,7-8,13-18H2,(H,35,36)/t22-/m1/s1. The second-order valence-electron chi connectivity index (χ2n) is 9.20. The van der Waals surface area contributed by atoms with Crippen LogP contribution in [0.5, 0.6) is 0 Å². The zero-order valence-electron chi connectivity index (χ0n) is 20.0. The number of carbonyl (C=O) groups is 3. The predicted octanol–water partition coefficient (Wildman–Crippen LogP) is 3.25. The second kappa shape index (κ2) is 10.2. The molecule has 2 saturated heterocycles. The molecule has 2 aromatic carbocycles. The number of amides is 3. The van der Waals surface area contributed by atoms with Crippen LogP contribution in [-0.2, 0) is 11.2 Å². The summed E-state index contributed by atoms with van der Waals surface area (Å²) in [4.78, 5) is 46.1. The van der Waals surface area contributed by atoms with E-state index in [1.54, 1.807) is 20.9 Å². The van der Waals surface area contributed by atoms with Gasteiger partial charge in [0.05, 0.1) is 6.04 Å². The fourth-order valence-corrected chi connectivity index (χ4v) is 5.06. The monoisotopic (exact) mass is 487 g/mol. The van der Waals surface area contributed by atoms with E-state index in [1.165, 1.54) is 4.90 Å². The van der Waals surface area contributed by atoms with Crippen molar-refractivity contribution in [2.45, 2.75) is 31.7 Å². The minimum Gasteiger partial charge on any atom is -0.465 e. The van der Waals surface area contributed by atoms with E-state index in [-0.39, 0.29) is 43.2 Å². The van der Waals surface area contributed by atoms with Crippen LogP contribution in [0.15, 0.2) is 67.0 Å².